The number of benzene rings is 2. The summed E-state index contributed by atoms with van der Waals surface area (Å²) < 4.78 is 10.6. The molecule has 9 nitrogen and oxygen atoms in total. The van der Waals surface area contributed by atoms with Crippen molar-refractivity contribution in [3.63, 3.8) is 0 Å². The summed E-state index contributed by atoms with van der Waals surface area (Å²) in [6, 6.07) is 10.5. The number of carbonyl (C=O) groups excluding carboxylic acids is 2. The first-order valence-corrected chi connectivity index (χ1v) is 9.14. The predicted molar refractivity (Wildman–Crippen MR) is 106 cm³/mol. The average molecular weight is 442 g/mol. The van der Waals surface area contributed by atoms with Crippen LogP contribution in [0.25, 0.3) is 0 Å². The lowest BCUT2D eigenvalue weighted by molar-refractivity contribution is -0.385. The number of halogens is 2. The molecule has 0 fully saturated rings. The lowest BCUT2D eigenvalue weighted by atomic mass is 10.3. The van der Waals surface area contributed by atoms with Gasteiger partial charge in [-0.25, -0.2) is 0 Å². The minimum absolute atomic E-state index is 0.0445. The number of hydrogen-bond acceptors (Lipinski definition) is 6. The van der Waals surface area contributed by atoms with Gasteiger partial charge in [-0.05, 0) is 30.7 Å². The highest BCUT2D eigenvalue weighted by Crippen LogP contribution is 2.27. The molecule has 0 saturated heterocycles. The Kier molecular flexibility index (Phi) is 8.50. The van der Waals surface area contributed by atoms with Crippen molar-refractivity contribution >= 4 is 40.7 Å². The summed E-state index contributed by atoms with van der Waals surface area (Å²) in [5.74, 6) is -0.690. The zero-order valence-corrected chi connectivity index (χ0v) is 16.5. The number of nitro benzene ring substituents is 1. The second-order valence-electron chi connectivity index (χ2n) is 5.64. The number of para-hydroxylation sites is 2. The van der Waals surface area contributed by atoms with Crippen molar-refractivity contribution in [3.8, 4) is 11.5 Å². The zero-order chi connectivity index (χ0) is 21.2. The van der Waals surface area contributed by atoms with Gasteiger partial charge in [0.2, 0.25) is 5.91 Å². The lowest BCUT2D eigenvalue weighted by Gasteiger charge is -2.10. The van der Waals surface area contributed by atoms with Gasteiger partial charge >= 0.3 is 5.69 Å². The Balaban J connectivity index is 1.64. The Morgan fingerprint density at radius 2 is 1.72 bits per heavy atom. The molecule has 2 amide bonds. The average Bonchev–Trinajstić information content (AvgIpc) is 2.69. The molecule has 2 rings (SSSR count). The van der Waals surface area contributed by atoms with Gasteiger partial charge in [-0.15, -0.1) is 0 Å². The van der Waals surface area contributed by atoms with Crippen LogP contribution in [0.2, 0.25) is 10.0 Å². The number of carbonyl (C=O) groups is 2. The third-order valence-corrected chi connectivity index (χ3v) is 3.99. The van der Waals surface area contributed by atoms with Crippen LogP contribution in [0.5, 0.6) is 11.5 Å². The zero-order valence-electron chi connectivity index (χ0n) is 15.0. The van der Waals surface area contributed by atoms with Crippen LogP contribution in [0.4, 0.5) is 5.69 Å². The quantitative estimate of drug-likeness (QED) is 0.350. The minimum atomic E-state index is -0.666. The first-order chi connectivity index (χ1) is 13.9. The molecule has 0 aliphatic carbocycles. The van der Waals surface area contributed by atoms with Gasteiger partial charge in [0, 0.05) is 17.5 Å². The van der Waals surface area contributed by atoms with Gasteiger partial charge in [-0.3, -0.25) is 30.6 Å². The molecule has 0 saturated carbocycles. The highest BCUT2D eigenvalue weighted by atomic mass is 35.5. The van der Waals surface area contributed by atoms with Crippen molar-refractivity contribution in [1.29, 1.82) is 0 Å². The van der Waals surface area contributed by atoms with Crippen LogP contribution < -0.4 is 20.3 Å². The largest absolute Gasteiger partial charge is 0.492 e. The molecule has 154 valence electrons. The molecule has 0 aromatic heterocycles. The Hall–Kier alpha value is -3.04. The summed E-state index contributed by atoms with van der Waals surface area (Å²) in [7, 11) is 0. The molecule has 2 aromatic carbocycles. The van der Waals surface area contributed by atoms with E-state index in [1.807, 2.05) is 0 Å². The van der Waals surface area contributed by atoms with E-state index in [2.05, 4.69) is 10.9 Å². The number of rotatable bonds is 9. The van der Waals surface area contributed by atoms with Gasteiger partial charge in [-0.1, -0.05) is 35.3 Å². The Morgan fingerprint density at radius 3 is 2.45 bits per heavy atom. The van der Waals surface area contributed by atoms with Gasteiger partial charge in [-0.2, -0.15) is 0 Å². The summed E-state index contributed by atoms with van der Waals surface area (Å²) in [4.78, 5) is 33.7. The predicted octanol–water partition coefficient (Wildman–Crippen LogP) is 3.29. The van der Waals surface area contributed by atoms with Crippen molar-refractivity contribution in [3.05, 3.63) is 62.6 Å². The van der Waals surface area contributed by atoms with E-state index in [0.717, 1.165) is 0 Å². The Labute approximate surface area is 176 Å². The van der Waals surface area contributed by atoms with Crippen LogP contribution in [-0.4, -0.2) is 30.0 Å². The number of amides is 2. The molecule has 0 spiro atoms. The second-order valence-corrected chi connectivity index (χ2v) is 6.48. The van der Waals surface area contributed by atoms with Crippen LogP contribution in [0.3, 0.4) is 0 Å². The Bertz CT molecular complexity index is 894. The minimum Gasteiger partial charge on any atom is -0.492 e. The van der Waals surface area contributed by atoms with E-state index in [1.54, 1.807) is 24.3 Å². The fourth-order valence-corrected chi connectivity index (χ4v) is 2.58. The smallest absolute Gasteiger partial charge is 0.310 e. The summed E-state index contributed by atoms with van der Waals surface area (Å²) in [6.45, 7) is -0.257. The first kappa shape index (κ1) is 22.3. The van der Waals surface area contributed by atoms with Gasteiger partial charge in [0.25, 0.3) is 5.91 Å². The van der Waals surface area contributed by atoms with Gasteiger partial charge in [0.1, 0.15) is 5.75 Å². The summed E-state index contributed by atoms with van der Waals surface area (Å²) in [5.41, 5.74) is 4.13. The second kappa shape index (κ2) is 11.1. The van der Waals surface area contributed by atoms with E-state index in [4.69, 9.17) is 32.7 Å². The van der Waals surface area contributed by atoms with E-state index in [9.17, 15) is 19.7 Å². The maximum Gasteiger partial charge on any atom is 0.310 e. The number of nitrogens with one attached hydrogen (secondary N) is 2. The molecule has 11 heteroatoms. The molecule has 0 radical (unpaired) electrons. The Morgan fingerprint density at radius 1 is 1.00 bits per heavy atom. The van der Waals surface area contributed by atoms with Gasteiger partial charge in [0.15, 0.2) is 12.4 Å². The van der Waals surface area contributed by atoms with E-state index >= 15 is 0 Å². The molecule has 0 unspecified atom stereocenters. The number of hydrazine groups is 1. The van der Waals surface area contributed by atoms with Crippen molar-refractivity contribution in [2.75, 3.05) is 13.2 Å². The molecule has 0 aliphatic heterocycles. The third kappa shape index (κ3) is 7.47. The van der Waals surface area contributed by atoms with Crippen molar-refractivity contribution < 1.29 is 24.0 Å². The molecular weight excluding hydrogens is 425 g/mol. The van der Waals surface area contributed by atoms with Crippen LogP contribution in [0, 0.1) is 10.1 Å². The maximum atomic E-state index is 11.7. The molecule has 0 atom stereocenters. The van der Waals surface area contributed by atoms with Crippen LogP contribution in [0.15, 0.2) is 42.5 Å². The van der Waals surface area contributed by atoms with E-state index < -0.39 is 23.3 Å². The van der Waals surface area contributed by atoms with Gasteiger partial charge < -0.3 is 9.47 Å². The van der Waals surface area contributed by atoms with Crippen LogP contribution in [0.1, 0.15) is 12.8 Å². The molecule has 0 aliphatic rings. The van der Waals surface area contributed by atoms with Crippen LogP contribution in [-0.2, 0) is 9.59 Å². The number of nitro groups is 1. The normalized spacial score (nSPS) is 10.1. The molecule has 0 bridgehead atoms. The summed E-state index contributed by atoms with van der Waals surface area (Å²) in [5, 5.41) is 11.7. The van der Waals surface area contributed by atoms with Gasteiger partial charge in [0.05, 0.1) is 16.6 Å². The summed E-state index contributed by atoms with van der Waals surface area (Å²) in [6.07, 6.45) is 0.476. The van der Waals surface area contributed by atoms with Crippen LogP contribution >= 0.6 is 23.2 Å². The monoisotopic (exact) mass is 441 g/mol. The fourth-order valence-electron chi connectivity index (χ4n) is 2.12. The third-order valence-electron chi connectivity index (χ3n) is 3.46. The van der Waals surface area contributed by atoms with E-state index in [1.165, 1.54) is 18.2 Å². The standard InChI is InChI=1S/C18H17Cl2N3O6/c19-12-7-8-15(13(20)10-12)28-9-3-6-17(24)21-22-18(25)11-29-16-5-2-1-4-14(16)23(26)27/h1-2,4-5,7-8,10H,3,6,9,11H2,(H,21,24)(H,22,25). The molecular formula is C18H17Cl2N3O6. The topological polar surface area (TPSA) is 120 Å². The molecule has 2 N–H and O–H groups in total. The van der Waals surface area contributed by atoms with E-state index in [-0.39, 0.29) is 24.5 Å². The highest BCUT2D eigenvalue weighted by molar-refractivity contribution is 6.35. The highest BCUT2D eigenvalue weighted by Gasteiger charge is 2.15. The first-order valence-electron chi connectivity index (χ1n) is 8.38. The van der Waals surface area contributed by atoms with E-state index in [0.29, 0.717) is 22.2 Å². The molecule has 0 heterocycles. The maximum absolute atomic E-state index is 11.7. The number of nitrogens with zero attached hydrogens (tertiary/aromatic N) is 1. The van der Waals surface area contributed by atoms with Crippen molar-refractivity contribution in [2.24, 2.45) is 0 Å². The SMILES string of the molecule is O=C(CCCOc1ccc(Cl)cc1Cl)NNC(=O)COc1ccccc1[N+](=O)[O-]. The lowest BCUT2D eigenvalue weighted by Crippen LogP contribution is -2.43. The number of hydrogen-bond donors (Lipinski definition) is 2. The molecule has 2 aromatic rings. The molecule has 29 heavy (non-hydrogen) atoms. The van der Waals surface area contributed by atoms with Crippen molar-refractivity contribution in [1.82, 2.24) is 10.9 Å². The fraction of sp³-hybridized carbons (Fsp3) is 0.222. The number of ether oxygens (including phenoxy) is 2. The summed E-state index contributed by atoms with van der Waals surface area (Å²) >= 11 is 11.8. The van der Waals surface area contributed by atoms with Crippen molar-refractivity contribution in [2.45, 2.75) is 12.8 Å².